The minimum Gasteiger partial charge on any atom is -0.493 e. The maximum atomic E-state index is 12.5. The second kappa shape index (κ2) is 9.63. The quantitative estimate of drug-likeness (QED) is 0.320. The molecule has 0 aromatic heterocycles. The summed E-state index contributed by atoms with van der Waals surface area (Å²) in [6.45, 7) is 4.31. The minimum atomic E-state index is -0.466. The molecule has 2 N–H and O–H groups in total. The zero-order chi connectivity index (χ0) is 19.8. The Balaban J connectivity index is 2.04. The number of nitrogens with one attached hydrogen (secondary N) is 2. The largest absolute Gasteiger partial charge is 0.493 e. The lowest BCUT2D eigenvalue weighted by Gasteiger charge is -2.14. The van der Waals surface area contributed by atoms with Gasteiger partial charge in [-0.3, -0.25) is 20.2 Å². The van der Waals surface area contributed by atoms with Gasteiger partial charge in [-0.05, 0) is 49.3 Å². The summed E-state index contributed by atoms with van der Waals surface area (Å²) in [5, 5.41) is 16.4. The van der Waals surface area contributed by atoms with Gasteiger partial charge in [0.15, 0.2) is 5.11 Å². The zero-order valence-corrected chi connectivity index (χ0v) is 16.0. The van der Waals surface area contributed by atoms with Gasteiger partial charge in [0.2, 0.25) is 0 Å². The Labute approximate surface area is 162 Å². The van der Waals surface area contributed by atoms with E-state index in [9.17, 15) is 14.9 Å². The molecule has 0 unspecified atom stereocenters. The number of carbonyl (C=O) groups is 1. The first-order valence-electron chi connectivity index (χ1n) is 8.51. The number of nitrogens with zero attached hydrogens (tertiary/aromatic N) is 1. The number of thiocarbonyl (C=S) groups is 1. The fraction of sp³-hybridized carbons (Fsp3) is 0.263. The van der Waals surface area contributed by atoms with Gasteiger partial charge in [-0.2, -0.15) is 0 Å². The highest BCUT2D eigenvalue weighted by molar-refractivity contribution is 7.80. The lowest BCUT2D eigenvalue weighted by molar-refractivity contribution is -0.384. The predicted octanol–water partition coefficient (Wildman–Crippen LogP) is 4.21. The average Bonchev–Trinajstić information content (AvgIpc) is 2.63. The molecule has 2 aromatic rings. The molecule has 0 spiro atoms. The van der Waals surface area contributed by atoms with Gasteiger partial charge < -0.3 is 10.1 Å². The van der Waals surface area contributed by atoms with Gasteiger partial charge in [0, 0.05) is 17.8 Å². The summed E-state index contributed by atoms with van der Waals surface area (Å²) >= 11 is 5.19. The van der Waals surface area contributed by atoms with Crippen LogP contribution in [-0.4, -0.2) is 22.5 Å². The maximum Gasteiger partial charge on any atom is 0.269 e. The molecule has 142 valence electrons. The molecule has 2 aromatic carbocycles. The van der Waals surface area contributed by atoms with E-state index in [1.807, 2.05) is 0 Å². The molecule has 0 bridgehead atoms. The number of hydrogen-bond donors (Lipinski definition) is 2. The molecular formula is C19H21N3O4S. The number of hydrogen-bond acceptors (Lipinski definition) is 5. The van der Waals surface area contributed by atoms with Crippen LogP contribution in [0.2, 0.25) is 0 Å². The first-order chi connectivity index (χ1) is 12.9. The van der Waals surface area contributed by atoms with Gasteiger partial charge in [-0.15, -0.1) is 0 Å². The second-order valence-electron chi connectivity index (χ2n) is 5.86. The SMILES string of the molecule is CCCCOc1ccccc1C(=O)NC(=S)Nc1ccc([N+](=O)[O-])cc1C. The van der Waals surface area contributed by atoms with Crippen molar-refractivity contribution in [3.05, 3.63) is 63.7 Å². The number of nitro benzene ring substituents is 1. The summed E-state index contributed by atoms with van der Waals surface area (Å²) < 4.78 is 5.66. The van der Waals surface area contributed by atoms with Gasteiger partial charge in [0.05, 0.1) is 17.1 Å². The van der Waals surface area contributed by atoms with Crippen LogP contribution in [0, 0.1) is 17.0 Å². The molecule has 7 nitrogen and oxygen atoms in total. The van der Waals surface area contributed by atoms with Crippen LogP contribution in [0.15, 0.2) is 42.5 Å². The molecule has 0 aliphatic carbocycles. The minimum absolute atomic E-state index is 0.00819. The Morgan fingerprint density at radius 3 is 2.67 bits per heavy atom. The molecule has 27 heavy (non-hydrogen) atoms. The smallest absolute Gasteiger partial charge is 0.269 e. The van der Waals surface area contributed by atoms with Crippen molar-refractivity contribution in [1.82, 2.24) is 5.32 Å². The Kier molecular flexibility index (Phi) is 7.25. The van der Waals surface area contributed by atoms with Crippen LogP contribution in [0.3, 0.4) is 0 Å². The number of rotatable bonds is 7. The molecule has 0 saturated heterocycles. The Hall–Kier alpha value is -3.00. The number of nitro groups is 1. The topological polar surface area (TPSA) is 93.5 Å². The van der Waals surface area contributed by atoms with Crippen molar-refractivity contribution in [1.29, 1.82) is 0 Å². The number of unbranched alkanes of at least 4 members (excludes halogenated alkanes) is 1. The van der Waals surface area contributed by atoms with Gasteiger partial charge in [0.1, 0.15) is 5.75 Å². The van der Waals surface area contributed by atoms with Crippen LogP contribution in [-0.2, 0) is 0 Å². The molecule has 0 aliphatic heterocycles. The van der Waals surface area contributed by atoms with Crippen molar-refractivity contribution in [2.24, 2.45) is 0 Å². The second-order valence-corrected chi connectivity index (χ2v) is 6.27. The molecule has 0 radical (unpaired) electrons. The highest BCUT2D eigenvalue weighted by Gasteiger charge is 2.14. The first kappa shape index (κ1) is 20.3. The Morgan fingerprint density at radius 2 is 2.00 bits per heavy atom. The Morgan fingerprint density at radius 1 is 1.26 bits per heavy atom. The molecule has 0 fully saturated rings. The molecule has 0 heterocycles. The standard InChI is InChI=1S/C19H21N3O4S/c1-3-4-11-26-17-8-6-5-7-15(17)18(23)21-19(27)20-16-10-9-14(22(24)25)12-13(16)2/h5-10,12H,3-4,11H2,1-2H3,(H2,20,21,23,27). The molecule has 0 saturated carbocycles. The summed E-state index contributed by atoms with van der Waals surface area (Å²) in [7, 11) is 0. The third-order valence-electron chi connectivity index (χ3n) is 3.78. The maximum absolute atomic E-state index is 12.5. The highest BCUT2D eigenvalue weighted by atomic mass is 32.1. The van der Waals surface area contributed by atoms with E-state index in [1.54, 1.807) is 37.3 Å². The normalized spacial score (nSPS) is 10.1. The lowest BCUT2D eigenvalue weighted by Crippen LogP contribution is -2.34. The number of non-ortho nitro benzene ring substituents is 1. The summed E-state index contributed by atoms with van der Waals surface area (Å²) in [4.78, 5) is 22.9. The van der Waals surface area contributed by atoms with Crippen molar-refractivity contribution >= 4 is 34.6 Å². The number of carbonyl (C=O) groups excluding carboxylic acids is 1. The third-order valence-corrected chi connectivity index (χ3v) is 3.99. The van der Waals surface area contributed by atoms with Crippen molar-refractivity contribution < 1.29 is 14.5 Å². The zero-order valence-electron chi connectivity index (χ0n) is 15.2. The Bertz CT molecular complexity index is 855. The summed E-state index contributed by atoms with van der Waals surface area (Å²) in [6, 6.07) is 11.3. The highest BCUT2D eigenvalue weighted by Crippen LogP contribution is 2.21. The molecule has 1 amide bonds. The van der Waals surface area contributed by atoms with Crippen LogP contribution in [0.4, 0.5) is 11.4 Å². The summed E-state index contributed by atoms with van der Waals surface area (Å²) in [5.74, 6) is 0.108. The van der Waals surface area contributed by atoms with Crippen molar-refractivity contribution in [2.45, 2.75) is 26.7 Å². The number of para-hydroxylation sites is 1. The van der Waals surface area contributed by atoms with Gasteiger partial charge in [-0.1, -0.05) is 25.5 Å². The number of amides is 1. The summed E-state index contributed by atoms with van der Waals surface area (Å²) in [5.41, 5.74) is 1.60. The van der Waals surface area contributed by atoms with Gasteiger partial charge in [-0.25, -0.2) is 0 Å². The van der Waals surface area contributed by atoms with E-state index >= 15 is 0 Å². The monoisotopic (exact) mass is 387 g/mol. The van der Waals surface area contributed by atoms with E-state index in [-0.39, 0.29) is 16.7 Å². The lowest BCUT2D eigenvalue weighted by atomic mass is 10.2. The van der Waals surface area contributed by atoms with Crippen molar-refractivity contribution in [3.63, 3.8) is 0 Å². The van der Waals surface area contributed by atoms with Crippen LogP contribution in [0.25, 0.3) is 0 Å². The summed E-state index contributed by atoms with van der Waals surface area (Å²) in [6.07, 6.45) is 1.90. The van der Waals surface area contributed by atoms with E-state index in [0.29, 0.717) is 29.2 Å². The van der Waals surface area contributed by atoms with Crippen LogP contribution in [0.5, 0.6) is 5.75 Å². The van der Waals surface area contributed by atoms with Crippen molar-refractivity contribution in [2.75, 3.05) is 11.9 Å². The third kappa shape index (κ3) is 5.75. The van der Waals surface area contributed by atoms with E-state index in [1.165, 1.54) is 12.1 Å². The number of anilines is 1. The molecule has 0 aliphatic rings. The molecule has 8 heteroatoms. The van der Waals surface area contributed by atoms with E-state index in [2.05, 4.69) is 17.6 Å². The van der Waals surface area contributed by atoms with E-state index < -0.39 is 4.92 Å². The predicted molar refractivity (Wildman–Crippen MR) is 108 cm³/mol. The van der Waals surface area contributed by atoms with Crippen LogP contribution < -0.4 is 15.4 Å². The van der Waals surface area contributed by atoms with E-state index in [4.69, 9.17) is 17.0 Å². The molecular weight excluding hydrogens is 366 g/mol. The number of benzene rings is 2. The number of aryl methyl sites for hydroxylation is 1. The van der Waals surface area contributed by atoms with Crippen LogP contribution in [0.1, 0.15) is 35.7 Å². The van der Waals surface area contributed by atoms with Gasteiger partial charge >= 0.3 is 0 Å². The number of ether oxygens (including phenoxy) is 1. The molecule has 0 atom stereocenters. The fourth-order valence-corrected chi connectivity index (χ4v) is 2.53. The van der Waals surface area contributed by atoms with E-state index in [0.717, 1.165) is 12.8 Å². The van der Waals surface area contributed by atoms with Crippen molar-refractivity contribution in [3.8, 4) is 5.75 Å². The first-order valence-corrected chi connectivity index (χ1v) is 8.92. The van der Waals surface area contributed by atoms with Crippen LogP contribution >= 0.6 is 12.2 Å². The van der Waals surface area contributed by atoms with Gasteiger partial charge in [0.25, 0.3) is 11.6 Å². The molecule has 2 rings (SSSR count). The average molecular weight is 387 g/mol. The fourth-order valence-electron chi connectivity index (χ4n) is 2.33.